The first-order valence-corrected chi connectivity index (χ1v) is 7.27. The SMILES string of the molecule is CC(C)N(CCC(=O)O)C(=O)COCCOc1ccccc1. The molecule has 6 nitrogen and oxygen atoms in total. The standard InChI is InChI=1S/C16H23NO5/c1-13(2)17(9-8-16(19)20)15(18)12-21-10-11-22-14-6-4-3-5-7-14/h3-7,13H,8-12H2,1-2H3,(H,19,20). The molecule has 0 aliphatic carbocycles. The molecule has 1 N–H and O–H groups in total. The number of amides is 1. The van der Waals surface area contributed by atoms with Crippen LogP contribution in [0.1, 0.15) is 20.3 Å². The van der Waals surface area contributed by atoms with Crippen LogP contribution < -0.4 is 4.74 Å². The lowest BCUT2D eigenvalue weighted by molar-refractivity contribution is -0.141. The molecule has 22 heavy (non-hydrogen) atoms. The second-order valence-corrected chi connectivity index (χ2v) is 5.04. The molecule has 0 bridgehead atoms. The molecule has 0 aliphatic heterocycles. The van der Waals surface area contributed by atoms with Crippen molar-refractivity contribution in [1.82, 2.24) is 4.90 Å². The van der Waals surface area contributed by atoms with Gasteiger partial charge in [-0.25, -0.2) is 0 Å². The zero-order valence-electron chi connectivity index (χ0n) is 13.0. The number of rotatable bonds is 10. The molecule has 0 unspecified atom stereocenters. The van der Waals surface area contributed by atoms with Crippen molar-refractivity contribution in [3.63, 3.8) is 0 Å². The van der Waals surface area contributed by atoms with Gasteiger partial charge in [0, 0.05) is 12.6 Å². The summed E-state index contributed by atoms with van der Waals surface area (Å²) in [5, 5.41) is 8.69. The van der Waals surface area contributed by atoms with Gasteiger partial charge in [0.1, 0.15) is 19.0 Å². The Hall–Kier alpha value is -2.08. The van der Waals surface area contributed by atoms with E-state index in [-0.39, 0.29) is 31.5 Å². The van der Waals surface area contributed by atoms with Crippen molar-refractivity contribution in [2.24, 2.45) is 0 Å². The molecule has 0 saturated heterocycles. The van der Waals surface area contributed by atoms with E-state index in [9.17, 15) is 9.59 Å². The summed E-state index contributed by atoms with van der Waals surface area (Å²) >= 11 is 0. The van der Waals surface area contributed by atoms with Crippen LogP contribution in [0.15, 0.2) is 30.3 Å². The number of nitrogens with zero attached hydrogens (tertiary/aromatic N) is 1. The second kappa shape index (κ2) is 9.78. The predicted molar refractivity (Wildman–Crippen MR) is 81.9 cm³/mol. The van der Waals surface area contributed by atoms with E-state index in [4.69, 9.17) is 14.6 Å². The van der Waals surface area contributed by atoms with E-state index in [1.54, 1.807) is 0 Å². The summed E-state index contributed by atoms with van der Waals surface area (Å²) in [7, 11) is 0. The van der Waals surface area contributed by atoms with Crippen LogP contribution in [0.4, 0.5) is 0 Å². The van der Waals surface area contributed by atoms with E-state index in [1.165, 1.54) is 4.90 Å². The maximum atomic E-state index is 12.0. The van der Waals surface area contributed by atoms with Crippen molar-refractivity contribution in [2.45, 2.75) is 26.3 Å². The highest BCUT2D eigenvalue weighted by atomic mass is 16.5. The fraction of sp³-hybridized carbons (Fsp3) is 0.500. The van der Waals surface area contributed by atoms with Crippen LogP contribution in [0.25, 0.3) is 0 Å². The number of hydrogen-bond donors (Lipinski definition) is 1. The van der Waals surface area contributed by atoms with E-state index < -0.39 is 5.97 Å². The summed E-state index contributed by atoms with van der Waals surface area (Å²) in [6.07, 6.45) is -0.0684. The minimum Gasteiger partial charge on any atom is -0.491 e. The highest BCUT2D eigenvalue weighted by Gasteiger charge is 2.17. The van der Waals surface area contributed by atoms with Crippen LogP contribution in [-0.2, 0) is 14.3 Å². The molecule has 0 saturated carbocycles. The summed E-state index contributed by atoms with van der Waals surface area (Å²) in [5.41, 5.74) is 0. The topological polar surface area (TPSA) is 76.1 Å². The van der Waals surface area contributed by atoms with Crippen molar-refractivity contribution in [3.05, 3.63) is 30.3 Å². The van der Waals surface area contributed by atoms with Crippen molar-refractivity contribution < 1.29 is 24.2 Å². The number of para-hydroxylation sites is 1. The number of benzene rings is 1. The number of hydrogen-bond acceptors (Lipinski definition) is 4. The molecule has 6 heteroatoms. The number of carbonyl (C=O) groups excluding carboxylic acids is 1. The molecule has 0 spiro atoms. The van der Waals surface area contributed by atoms with Gasteiger partial charge < -0.3 is 19.5 Å². The summed E-state index contributed by atoms with van der Waals surface area (Å²) in [6.45, 7) is 4.46. The molecular formula is C16H23NO5. The zero-order chi connectivity index (χ0) is 16.4. The van der Waals surface area contributed by atoms with Gasteiger partial charge in [-0.15, -0.1) is 0 Å². The van der Waals surface area contributed by atoms with Crippen LogP contribution >= 0.6 is 0 Å². The summed E-state index contributed by atoms with van der Waals surface area (Å²) in [5.74, 6) is -0.380. The van der Waals surface area contributed by atoms with Gasteiger partial charge in [-0.2, -0.15) is 0 Å². The average Bonchev–Trinajstić information content (AvgIpc) is 2.47. The maximum Gasteiger partial charge on any atom is 0.305 e. The van der Waals surface area contributed by atoms with Gasteiger partial charge >= 0.3 is 5.97 Å². The fourth-order valence-electron chi connectivity index (χ4n) is 1.86. The largest absolute Gasteiger partial charge is 0.491 e. The molecule has 1 amide bonds. The van der Waals surface area contributed by atoms with Crippen LogP contribution in [0, 0.1) is 0 Å². The van der Waals surface area contributed by atoms with E-state index in [0.29, 0.717) is 13.2 Å². The van der Waals surface area contributed by atoms with Gasteiger partial charge in [-0.3, -0.25) is 9.59 Å². The lowest BCUT2D eigenvalue weighted by Crippen LogP contribution is -2.40. The molecule has 0 aliphatic rings. The normalized spacial score (nSPS) is 10.5. The highest BCUT2D eigenvalue weighted by molar-refractivity contribution is 5.78. The predicted octanol–water partition coefficient (Wildman–Crippen LogP) is 1.79. The van der Waals surface area contributed by atoms with Crippen molar-refractivity contribution >= 4 is 11.9 Å². The van der Waals surface area contributed by atoms with E-state index in [1.807, 2.05) is 44.2 Å². The minimum atomic E-state index is -0.921. The van der Waals surface area contributed by atoms with Crippen LogP contribution in [0.3, 0.4) is 0 Å². The van der Waals surface area contributed by atoms with Gasteiger partial charge in [-0.05, 0) is 26.0 Å². The summed E-state index contributed by atoms with van der Waals surface area (Å²) < 4.78 is 10.7. The first-order chi connectivity index (χ1) is 10.5. The number of aliphatic carboxylic acids is 1. The third kappa shape index (κ3) is 7.08. The number of carboxylic acid groups (broad SMARTS) is 1. The van der Waals surface area contributed by atoms with E-state index >= 15 is 0 Å². The first-order valence-electron chi connectivity index (χ1n) is 7.27. The molecular weight excluding hydrogens is 286 g/mol. The molecule has 0 aromatic heterocycles. The third-order valence-electron chi connectivity index (χ3n) is 2.98. The van der Waals surface area contributed by atoms with Crippen molar-refractivity contribution in [3.8, 4) is 5.75 Å². The van der Waals surface area contributed by atoms with Crippen LogP contribution in [0.2, 0.25) is 0 Å². The van der Waals surface area contributed by atoms with Gasteiger partial charge in [0.2, 0.25) is 5.91 Å². The Bertz CT molecular complexity index is 461. The number of carboxylic acids is 1. The Morgan fingerprint density at radius 1 is 1.18 bits per heavy atom. The van der Waals surface area contributed by atoms with Gasteiger partial charge in [0.05, 0.1) is 13.0 Å². The maximum absolute atomic E-state index is 12.0. The Labute approximate surface area is 130 Å². The fourth-order valence-corrected chi connectivity index (χ4v) is 1.86. The number of ether oxygens (including phenoxy) is 2. The second-order valence-electron chi connectivity index (χ2n) is 5.04. The Kier molecular flexibility index (Phi) is 7.99. The van der Waals surface area contributed by atoms with Crippen LogP contribution in [0.5, 0.6) is 5.75 Å². The van der Waals surface area contributed by atoms with Gasteiger partial charge in [0.15, 0.2) is 0 Å². The lowest BCUT2D eigenvalue weighted by Gasteiger charge is -2.26. The molecule has 0 atom stereocenters. The molecule has 122 valence electrons. The number of carbonyl (C=O) groups is 2. The molecule has 0 radical (unpaired) electrons. The highest BCUT2D eigenvalue weighted by Crippen LogP contribution is 2.07. The molecule has 0 fully saturated rings. The summed E-state index contributed by atoms with van der Waals surface area (Å²) in [4.78, 5) is 24.1. The molecule has 0 heterocycles. The Morgan fingerprint density at radius 2 is 1.86 bits per heavy atom. The van der Waals surface area contributed by atoms with Gasteiger partial charge in [0.25, 0.3) is 0 Å². The van der Waals surface area contributed by atoms with Gasteiger partial charge in [-0.1, -0.05) is 18.2 Å². The van der Waals surface area contributed by atoms with E-state index in [2.05, 4.69) is 0 Å². The monoisotopic (exact) mass is 309 g/mol. The summed E-state index contributed by atoms with van der Waals surface area (Å²) in [6, 6.07) is 9.29. The minimum absolute atomic E-state index is 0.0592. The van der Waals surface area contributed by atoms with Crippen molar-refractivity contribution in [2.75, 3.05) is 26.4 Å². The smallest absolute Gasteiger partial charge is 0.305 e. The molecule has 1 aromatic rings. The molecule has 1 aromatic carbocycles. The molecule has 1 rings (SSSR count). The third-order valence-corrected chi connectivity index (χ3v) is 2.98. The average molecular weight is 309 g/mol. The Balaban J connectivity index is 2.24. The quantitative estimate of drug-likeness (QED) is 0.667. The lowest BCUT2D eigenvalue weighted by atomic mass is 10.3. The first kappa shape index (κ1) is 18.0. The van der Waals surface area contributed by atoms with Crippen LogP contribution in [-0.4, -0.2) is 54.3 Å². The zero-order valence-corrected chi connectivity index (χ0v) is 13.0. The van der Waals surface area contributed by atoms with Crippen molar-refractivity contribution in [1.29, 1.82) is 0 Å². The van der Waals surface area contributed by atoms with E-state index in [0.717, 1.165) is 5.75 Å². The Morgan fingerprint density at radius 3 is 2.45 bits per heavy atom.